The van der Waals surface area contributed by atoms with Crippen molar-refractivity contribution in [3.8, 4) is 0 Å². The van der Waals surface area contributed by atoms with E-state index in [0.29, 0.717) is 17.9 Å². The van der Waals surface area contributed by atoms with Crippen LogP contribution in [0.5, 0.6) is 0 Å². The normalized spacial score (nSPS) is 14.9. The van der Waals surface area contributed by atoms with Crippen LogP contribution in [0, 0.1) is 5.92 Å². The number of halogens is 1. The predicted octanol–water partition coefficient (Wildman–Crippen LogP) is 4.43. The van der Waals surface area contributed by atoms with Crippen LogP contribution in [0.2, 0.25) is 5.02 Å². The van der Waals surface area contributed by atoms with E-state index < -0.39 is 0 Å². The molecule has 0 spiro atoms. The summed E-state index contributed by atoms with van der Waals surface area (Å²) in [5.41, 5.74) is 1.86. The highest BCUT2D eigenvalue weighted by Gasteiger charge is 2.20. The molecular formula is C21H24ClN5OS2. The average Bonchev–Trinajstić information content (AvgIpc) is 3.19. The maximum Gasteiger partial charge on any atom is 0.230 e. The van der Waals surface area contributed by atoms with Crippen LogP contribution in [-0.2, 0) is 11.2 Å². The molecule has 9 heteroatoms. The molecule has 2 aromatic heterocycles. The number of hydrogen-bond acceptors (Lipinski definition) is 7. The molecule has 158 valence electrons. The average molecular weight is 462 g/mol. The first-order valence-corrected chi connectivity index (χ1v) is 12.3. The number of aromatic nitrogens is 3. The molecule has 0 unspecified atom stereocenters. The van der Waals surface area contributed by atoms with Gasteiger partial charge >= 0.3 is 0 Å². The van der Waals surface area contributed by atoms with Crippen molar-refractivity contribution in [1.29, 1.82) is 0 Å². The van der Waals surface area contributed by atoms with E-state index >= 15 is 0 Å². The van der Waals surface area contributed by atoms with Crippen LogP contribution in [-0.4, -0.2) is 46.2 Å². The lowest BCUT2D eigenvalue weighted by Gasteiger charge is -2.29. The van der Waals surface area contributed by atoms with E-state index in [4.69, 9.17) is 16.6 Å². The Morgan fingerprint density at radius 2 is 2.03 bits per heavy atom. The Balaban J connectivity index is 1.32. The Labute approximate surface area is 189 Å². The highest BCUT2D eigenvalue weighted by Crippen LogP contribution is 2.35. The summed E-state index contributed by atoms with van der Waals surface area (Å²) in [5, 5.41) is 5.51. The van der Waals surface area contributed by atoms with E-state index in [1.54, 1.807) is 11.3 Å². The van der Waals surface area contributed by atoms with Crippen molar-refractivity contribution in [2.24, 2.45) is 5.92 Å². The quantitative estimate of drug-likeness (QED) is 0.414. The van der Waals surface area contributed by atoms with Gasteiger partial charge in [-0.25, -0.2) is 9.97 Å². The maximum absolute atomic E-state index is 12.3. The molecule has 1 aromatic carbocycles. The number of rotatable bonds is 7. The van der Waals surface area contributed by atoms with E-state index in [2.05, 4.69) is 27.1 Å². The molecule has 0 radical (unpaired) electrons. The van der Waals surface area contributed by atoms with Crippen molar-refractivity contribution in [1.82, 2.24) is 20.3 Å². The molecule has 4 rings (SSSR count). The first-order chi connectivity index (χ1) is 14.6. The summed E-state index contributed by atoms with van der Waals surface area (Å²) in [6.45, 7) is 4.97. The van der Waals surface area contributed by atoms with Gasteiger partial charge in [-0.15, -0.1) is 0 Å². The molecule has 1 aliphatic rings. The smallest absolute Gasteiger partial charge is 0.230 e. The van der Waals surface area contributed by atoms with Crippen molar-refractivity contribution in [2.45, 2.75) is 31.2 Å². The van der Waals surface area contributed by atoms with Crippen LogP contribution in [0.15, 0.2) is 35.6 Å². The van der Waals surface area contributed by atoms with E-state index in [1.807, 2.05) is 24.3 Å². The van der Waals surface area contributed by atoms with Crippen LogP contribution in [0.1, 0.15) is 25.3 Å². The summed E-state index contributed by atoms with van der Waals surface area (Å²) in [7, 11) is 0. The third-order valence-electron chi connectivity index (χ3n) is 5.19. The number of amides is 1. The largest absolute Gasteiger partial charge is 0.355 e. The zero-order valence-electron chi connectivity index (χ0n) is 16.8. The van der Waals surface area contributed by atoms with Crippen LogP contribution < -0.4 is 10.2 Å². The van der Waals surface area contributed by atoms with Gasteiger partial charge in [0.15, 0.2) is 10.8 Å². The van der Waals surface area contributed by atoms with Crippen LogP contribution in [0.3, 0.4) is 0 Å². The number of thioether (sulfide) groups is 1. The molecule has 1 fully saturated rings. The van der Waals surface area contributed by atoms with Crippen LogP contribution >= 0.6 is 34.7 Å². The summed E-state index contributed by atoms with van der Waals surface area (Å²) < 4.78 is 0.963. The molecule has 3 heterocycles. The molecule has 0 bridgehead atoms. The van der Waals surface area contributed by atoms with Crippen molar-refractivity contribution >= 4 is 56.1 Å². The van der Waals surface area contributed by atoms with Gasteiger partial charge in [-0.3, -0.25) is 4.79 Å². The van der Waals surface area contributed by atoms with Gasteiger partial charge in [0.05, 0.1) is 5.75 Å². The molecule has 1 amide bonds. The number of anilines is 1. The van der Waals surface area contributed by atoms with Gasteiger partial charge in [0.1, 0.15) is 16.1 Å². The summed E-state index contributed by atoms with van der Waals surface area (Å²) in [4.78, 5) is 28.0. The third-order valence-corrected chi connectivity index (χ3v) is 7.67. The topological polar surface area (TPSA) is 71.0 Å². The maximum atomic E-state index is 12.3. The molecule has 3 aromatic rings. The predicted molar refractivity (Wildman–Crippen MR) is 125 cm³/mol. The second-order valence-corrected chi connectivity index (χ2v) is 9.89. The zero-order valence-corrected chi connectivity index (χ0v) is 19.2. The number of thiazole rings is 1. The Kier molecular flexibility index (Phi) is 7.07. The first kappa shape index (κ1) is 21.3. The van der Waals surface area contributed by atoms with Crippen molar-refractivity contribution in [3.63, 3.8) is 0 Å². The second-order valence-electron chi connectivity index (χ2n) is 7.51. The van der Waals surface area contributed by atoms with Gasteiger partial charge < -0.3 is 10.2 Å². The van der Waals surface area contributed by atoms with E-state index in [9.17, 15) is 4.79 Å². The molecule has 0 atom stereocenters. The van der Waals surface area contributed by atoms with E-state index in [1.165, 1.54) is 30.9 Å². The van der Waals surface area contributed by atoms with Crippen LogP contribution in [0.4, 0.5) is 5.13 Å². The van der Waals surface area contributed by atoms with Crippen LogP contribution in [0.25, 0.3) is 10.3 Å². The minimum atomic E-state index is -0.00418. The molecule has 1 saturated heterocycles. The lowest BCUT2D eigenvalue weighted by Crippen LogP contribution is -2.32. The number of carbonyl (C=O) groups excluding carboxylic acids is 1. The fraction of sp³-hybridized carbons (Fsp3) is 0.429. The minimum Gasteiger partial charge on any atom is -0.355 e. The van der Waals surface area contributed by atoms with Crippen molar-refractivity contribution in [3.05, 3.63) is 41.2 Å². The van der Waals surface area contributed by atoms with Gasteiger partial charge in [-0.2, -0.15) is 4.98 Å². The Hall–Kier alpha value is -1.90. The number of fused-ring (bicyclic) bond motifs is 1. The fourth-order valence-electron chi connectivity index (χ4n) is 3.34. The fourth-order valence-corrected chi connectivity index (χ4v) is 5.44. The Morgan fingerprint density at radius 3 is 2.80 bits per heavy atom. The summed E-state index contributed by atoms with van der Waals surface area (Å²) in [6.07, 6.45) is 4.70. The molecule has 0 aliphatic carbocycles. The van der Waals surface area contributed by atoms with Gasteiger partial charge in [0, 0.05) is 24.7 Å². The monoisotopic (exact) mass is 461 g/mol. The minimum absolute atomic E-state index is 0.00418. The molecule has 6 nitrogen and oxygen atoms in total. The molecule has 1 aliphatic heterocycles. The van der Waals surface area contributed by atoms with Crippen molar-refractivity contribution in [2.75, 3.05) is 30.3 Å². The molecule has 0 saturated carbocycles. The summed E-state index contributed by atoms with van der Waals surface area (Å²) in [5.74, 6) is 1.09. The number of nitrogens with zero attached hydrogens (tertiary/aromatic N) is 4. The third kappa shape index (κ3) is 5.42. The highest BCUT2D eigenvalue weighted by molar-refractivity contribution is 8.00. The molecule has 30 heavy (non-hydrogen) atoms. The number of carbonyl (C=O) groups is 1. The lowest BCUT2D eigenvalue weighted by molar-refractivity contribution is -0.118. The van der Waals surface area contributed by atoms with E-state index in [-0.39, 0.29) is 5.91 Å². The summed E-state index contributed by atoms with van der Waals surface area (Å²) in [6, 6.07) is 7.68. The van der Waals surface area contributed by atoms with Crippen molar-refractivity contribution < 1.29 is 4.79 Å². The van der Waals surface area contributed by atoms with Gasteiger partial charge in [-0.1, -0.05) is 53.8 Å². The summed E-state index contributed by atoms with van der Waals surface area (Å²) >= 11 is 8.96. The number of hydrogen-bond donors (Lipinski definition) is 1. The highest BCUT2D eigenvalue weighted by atomic mass is 35.5. The first-order valence-electron chi connectivity index (χ1n) is 10.1. The van der Waals surface area contributed by atoms with E-state index in [0.717, 1.165) is 50.9 Å². The lowest BCUT2D eigenvalue weighted by atomic mass is 10.00. The van der Waals surface area contributed by atoms with Gasteiger partial charge in [0.2, 0.25) is 5.91 Å². The van der Waals surface area contributed by atoms with Gasteiger partial charge in [0.25, 0.3) is 0 Å². The second kappa shape index (κ2) is 9.94. The van der Waals surface area contributed by atoms with Gasteiger partial charge in [-0.05, 0) is 42.9 Å². The Bertz CT molecular complexity index is 1000. The zero-order chi connectivity index (χ0) is 20.9. The number of piperidine rings is 1. The number of benzene rings is 1. The molecular weight excluding hydrogens is 438 g/mol. The standard InChI is InChI=1S/C21H24ClN5OS2/c1-14-7-10-27(11-8-14)21-26-19-18(30-21)20(25-13-24-19)29-12-17(28)23-9-6-15-2-4-16(22)5-3-15/h2-5,13-14H,6-12H2,1H3,(H,23,28). The SMILES string of the molecule is CC1CCN(c2nc3ncnc(SCC(=O)NCCc4ccc(Cl)cc4)c3s2)CC1. The molecule has 1 N–H and O–H groups in total. The Morgan fingerprint density at radius 1 is 1.27 bits per heavy atom. The number of nitrogens with one attached hydrogen (secondary N) is 1.